The van der Waals surface area contributed by atoms with Gasteiger partial charge in [0.15, 0.2) is 10.9 Å². The van der Waals surface area contributed by atoms with Crippen molar-refractivity contribution in [2.75, 3.05) is 19.3 Å². The summed E-state index contributed by atoms with van der Waals surface area (Å²) >= 11 is 1.53. The zero-order valence-electron chi connectivity index (χ0n) is 10.9. The van der Waals surface area contributed by atoms with Crippen LogP contribution in [-0.2, 0) is 0 Å². The molecule has 0 radical (unpaired) electrons. The van der Waals surface area contributed by atoms with Crippen molar-refractivity contribution < 1.29 is 9.21 Å². The summed E-state index contributed by atoms with van der Waals surface area (Å²) in [7, 11) is 0. The Bertz CT molecular complexity index is 438. The van der Waals surface area contributed by atoms with E-state index in [0.717, 1.165) is 37.4 Å². The number of halogens is 1. The molecule has 2 atom stereocenters. The fraction of sp³-hybridized carbons (Fsp3) is 0.615. The number of rotatable bonds is 2. The number of nitrogens with one attached hydrogen (secondary N) is 1. The van der Waals surface area contributed by atoms with E-state index in [0.29, 0.717) is 17.8 Å². The summed E-state index contributed by atoms with van der Waals surface area (Å²) in [6, 6.07) is 4.40. The number of thioether (sulfide) groups is 1. The van der Waals surface area contributed by atoms with Crippen LogP contribution in [0.1, 0.15) is 29.8 Å². The Labute approximate surface area is 123 Å². The van der Waals surface area contributed by atoms with E-state index in [-0.39, 0.29) is 18.3 Å². The molecule has 6 heteroatoms. The SMILES string of the molecule is CSc1ccc(C(=O)N2C3CCNCC2CC3)o1.Cl. The van der Waals surface area contributed by atoms with E-state index < -0.39 is 0 Å². The van der Waals surface area contributed by atoms with Crippen LogP contribution in [0.25, 0.3) is 0 Å². The molecule has 1 aromatic heterocycles. The highest BCUT2D eigenvalue weighted by Crippen LogP contribution is 2.30. The van der Waals surface area contributed by atoms with E-state index in [1.54, 1.807) is 6.07 Å². The summed E-state index contributed by atoms with van der Waals surface area (Å²) in [5.41, 5.74) is 0. The van der Waals surface area contributed by atoms with E-state index in [9.17, 15) is 4.79 Å². The minimum atomic E-state index is 0. The number of nitrogens with zero attached hydrogens (tertiary/aromatic N) is 1. The lowest BCUT2D eigenvalue weighted by Crippen LogP contribution is -2.42. The van der Waals surface area contributed by atoms with Crippen molar-refractivity contribution in [2.24, 2.45) is 0 Å². The summed E-state index contributed by atoms with van der Waals surface area (Å²) in [6.45, 7) is 1.93. The third-order valence-electron chi connectivity index (χ3n) is 3.88. The second-order valence-electron chi connectivity index (χ2n) is 4.91. The average molecular weight is 303 g/mol. The fourth-order valence-corrected chi connectivity index (χ4v) is 3.36. The molecule has 106 valence electrons. The van der Waals surface area contributed by atoms with Crippen molar-refractivity contribution in [2.45, 2.75) is 36.4 Å². The lowest BCUT2D eigenvalue weighted by molar-refractivity contribution is 0.0642. The molecule has 0 saturated carbocycles. The maximum Gasteiger partial charge on any atom is 0.290 e. The zero-order chi connectivity index (χ0) is 12.5. The lowest BCUT2D eigenvalue weighted by Gasteiger charge is -2.26. The molecule has 1 aromatic rings. The second-order valence-corrected chi connectivity index (χ2v) is 5.72. The molecule has 2 aliphatic heterocycles. The van der Waals surface area contributed by atoms with E-state index in [4.69, 9.17) is 4.42 Å². The summed E-state index contributed by atoms with van der Waals surface area (Å²) in [5, 5.41) is 4.21. The highest BCUT2D eigenvalue weighted by atomic mass is 35.5. The maximum atomic E-state index is 12.5. The molecule has 2 unspecified atom stereocenters. The van der Waals surface area contributed by atoms with Crippen LogP contribution in [-0.4, -0.2) is 42.2 Å². The van der Waals surface area contributed by atoms with Gasteiger partial charge in [-0.25, -0.2) is 0 Å². The Morgan fingerprint density at radius 1 is 1.37 bits per heavy atom. The smallest absolute Gasteiger partial charge is 0.290 e. The summed E-state index contributed by atoms with van der Waals surface area (Å²) in [5.74, 6) is 0.546. The first-order chi connectivity index (χ1) is 8.79. The van der Waals surface area contributed by atoms with Gasteiger partial charge in [0, 0.05) is 18.6 Å². The van der Waals surface area contributed by atoms with Gasteiger partial charge in [0.1, 0.15) is 0 Å². The van der Waals surface area contributed by atoms with Crippen LogP contribution in [0.15, 0.2) is 21.6 Å². The number of hydrogen-bond acceptors (Lipinski definition) is 4. The van der Waals surface area contributed by atoms with Crippen molar-refractivity contribution >= 4 is 30.1 Å². The third kappa shape index (κ3) is 2.78. The summed E-state index contributed by atoms with van der Waals surface area (Å²) < 4.78 is 5.56. The molecule has 0 aliphatic carbocycles. The normalized spacial score (nSPS) is 25.8. The van der Waals surface area contributed by atoms with Crippen LogP contribution in [0.5, 0.6) is 0 Å². The minimum Gasteiger partial charge on any atom is -0.445 e. The number of furan rings is 1. The van der Waals surface area contributed by atoms with Gasteiger partial charge < -0.3 is 14.6 Å². The Morgan fingerprint density at radius 3 is 2.89 bits per heavy atom. The molecule has 4 nitrogen and oxygen atoms in total. The predicted molar refractivity (Wildman–Crippen MR) is 78.2 cm³/mol. The highest BCUT2D eigenvalue weighted by Gasteiger charge is 2.39. The van der Waals surface area contributed by atoms with Crippen LogP contribution >= 0.6 is 24.2 Å². The second kappa shape index (κ2) is 6.20. The predicted octanol–water partition coefficient (Wildman–Crippen LogP) is 2.39. The molecular weight excluding hydrogens is 284 g/mol. The molecule has 19 heavy (non-hydrogen) atoms. The van der Waals surface area contributed by atoms with Gasteiger partial charge in [0.2, 0.25) is 0 Å². The van der Waals surface area contributed by atoms with E-state index in [2.05, 4.69) is 5.32 Å². The van der Waals surface area contributed by atoms with E-state index >= 15 is 0 Å². The number of hydrogen-bond donors (Lipinski definition) is 1. The van der Waals surface area contributed by atoms with Crippen molar-refractivity contribution in [3.63, 3.8) is 0 Å². The number of amides is 1. The van der Waals surface area contributed by atoms with Crippen molar-refractivity contribution in [3.8, 4) is 0 Å². The Balaban J connectivity index is 0.00000133. The van der Waals surface area contributed by atoms with E-state index in [1.807, 2.05) is 17.2 Å². The molecule has 1 amide bonds. The van der Waals surface area contributed by atoms with Gasteiger partial charge in [0.25, 0.3) is 5.91 Å². The molecule has 2 saturated heterocycles. The molecule has 2 fully saturated rings. The highest BCUT2D eigenvalue weighted by molar-refractivity contribution is 7.98. The van der Waals surface area contributed by atoms with Gasteiger partial charge in [-0.15, -0.1) is 12.4 Å². The number of fused-ring (bicyclic) bond motifs is 2. The Hall–Kier alpha value is -0.650. The van der Waals surface area contributed by atoms with Gasteiger partial charge >= 0.3 is 0 Å². The first-order valence-corrected chi connectivity index (χ1v) is 7.69. The van der Waals surface area contributed by atoms with Crippen LogP contribution in [0.4, 0.5) is 0 Å². The summed E-state index contributed by atoms with van der Waals surface area (Å²) in [4.78, 5) is 14.6. The average Bonchev–Trinajstić information content (AvgIpc) is 2.92. The molecule has 3 rings (SSSR count). The summed E-state index contributed by atoms with van der Waals surface area (Å²) in [6.07, 6.45) is 5.25. The quantitative estimate of drug-likeness (QED) is 0.852. The number of carbonyl (C=O) groups excluding carboxylic acids is 1. The van der Waals surface area contributed by atoms with Crippen LogP contribution in [0.2, 0.25) is 0 Å². The van der Waals surface area contributed by atoms with Gasteiger partial charge in [-0.2, -0.15) is 0 Å². The van der Waals surface area contributed by atoms with Crippen LogP contribution in [0, 0.1) is 0 Å². The third-order valence-corrected chi connectivity index (χ3v) is 4.50. The van der Waals surface area contributed by atoms with Gasteiger partial charge in [-0.1, -0.05) is 11.8 Å². The lowest BCUT2D eigenvalue weighted by atomic mass is 10.1. The van der Waals surface area contributed by atoms with E-state index in [1.165, 1.54) is 11.8 Å². The Kier molecular flexibility index (Phi) is 4.81. The molecule has 3 heterocycles. The topological polar surface area (TPSA) is 45.5 Å². The minimum absolute atomic E-state index is 0. The molecular formula is C13H19ClN2O2S. The van der Waals surface area contributed by atoms with Crippen LogP contribution < -0.4 is 5.32 Å². The number of carbonyl (C=O) groups is 1. The molecule has 0 aromatic carbocycles. The monoisotopic (exact) mass is 302 g/mol. The van der Waals surface area contributed by atoms with Gasteiger partial charge in [-0.3, -0.25) is 4.79 Å². The molecule has 1 N–H and O–H groups in total. The molecule has 2 bridgehead atoms. The van der Waals surface area contributed by atoms with Gasteiger partial charge in [0.05, 0.1) is 0 Å². The first-order valence-electron chi connectivity index (χ1n) is 6.47. The largest absolute Gasteiger partial charge is 0.445 e. The maximum absolute atomic E-state index is 12.5. The first kappa shape index (κ1) is 14.8. The fourth-order valence-electron chi connectivity index (χ4n) is 2.99. The Morgan fingerprint density at radius 2 is 2.16 bits per heavy atom. The standard InChI is InChI=1S/C13H18N2O2S.ClH/c1-18-12-5-4-11(17-12)13(16)15-9-2-3-10(15)8-14-7-6-9;/h4-5,9-10,14H,2-3,6-8H2,1H3;1H. The molecule has 0 spiro atoms. The van der Waals surface area contributed by atoms with Crippen LogP contribution in [0.3, 0.4) is 0 Å². The molecule has 2 aliphatic rings. The van der Waals surface area contributed by atoms with Crippen molar-refractivity contribution in [1.29, 1.82) is 0 Å². The van der Waals surface area contributed by atoms with Crippen molar-refractivity contribution in [3.05, 3.63) is 17.9 Å². The zero-order valence-corrected chi connectivity index (χ0v) is 12.6. The van der Waals surface area contributed by atoms with Crippen molar-refractivity contribution in [1.82, 2.24) is 10.2 Å². The van der Waals surface area contributed by atoms with Gasteiger partial charge in [-0.05, 0) is 44.2 Å².